The number of hydrogen-bond acceptors (Lipinski definition) is 9. The Bertz CT molecular complexity index is 1470. The predicted octanol–water partition coefficient (Wildman–Crippen LogP) is 5.55. The van der Waals surface area contributed by atoms with Crippen LogP contribution in [0.25, 0.3) is 0 Å². The Morgan fingerprint density at radius 2 is 1.67 bits per heavy atom. The molecule has 6 atom stereocenters. The van der Waals surface area contributed by atoms with Gasteiger partial charge < -0.3 is 19.9 Å². The SMILES string of the molecule is CCCCC(CC(=O)[C@@H]1[C@@H]2[C@H](CN1C(=O)[C@@H](CC(=O)OC(C)(C)C)C(C)(C)C)C2(C)C)C(=O)C(=O)CCC(=O)N[C@H](C(=O)N(C)C)c1cccs1. The summed E-state index contributed by atoms with van der Waals surface area (Å²) >= 11 is 1.33. The molecule has 3 amide bonds. The van der Waals surface area contributed by atoms with Crippen LogP contribution in [-0.2, 0) is 38.3 Å². The molecule has 0 spiro atoms. The van der Waals surface area contributed by atoms with Crippen LogP contribution in [0.2, 0.25) is 0 Å². The molecule has 2 aliphatic rings. The van der Waals surface area contributed by atoms with Gasteiger partial charge in [-0.2, -0.15) is 0 Å². The van der Waals surface area contributed by atoms with E-state index in [0.29, 0.717) is 24.3 Å². The number of amides is 3. The molecule has 1 aromatic heterocycles. The summed E-state index contributed by atoms with van der Waals surface area (Å²) in [5.74, 6) is -4.86. The summed E-state index contributed by atoms with van der Waals surface area (Å²) in [6, 6.07) is 1.86. The van der Waals surface area contributed by atoms with Crippen LogP contribution >= 0.6 is 11.3 Å². The van der Waals surface area contributed by atoms with Crippen molar-refractivity contribution < 1.29 is 38.3 Å². The molecule has 1 N–H and O–H groups in total. The minimum atomic E-state index is -0.900. The van der Waals surface area contributed by atoms with Gasteiger partial charge in [0.05, 0.1) is 18.4 Å². The van der Waals surface area contributed by atoms with Gasteiger partial charge in [-0.1, -0.05) is 60.5 Å². The van der Waals surface area contributed by atoms with E-state index in [1.165, 1.54) is 16.2 Å². The van der Waals surface area contributed by atoms with Gasteiger partial charge >= 0.3 is 5.97 Å². The lowest BCUT2D eigenvalue weighted by molar-refractivity contribution is -0.161. The highest BCUT2D eigenvalue weighted by atomic mass is 32.1. The number of nitrogens with one attached hydrogen (secondary N) is 1. The predicted molar refractivity (Wildman–Crippen MR) is 195 cm³/mol. The van der Waals surface area contributed by atoms with Gasteiger partial charge in [0.15, 0.2) is 11.6 Å². The maximum atomic E-state index is 14.2. The molecule has 1 aliphatic heterocycles. The number of likely N-dealkylation sites (N-methyl/N-ethyl adjacent to an activating group) is 1. The van der Waals surface area contributed by atoms with E-state index in [1.54, 1.807) is 57.3 Å². The molecule has 1 saturated carbocycles. The minimum Gasteiger partial charge on any atom is -0.460 e. The van der Waals surface area contributed by atoms with Crippen LogP contribution in [0, 0.1) is 34.5 Å². The van der Waals surface area contributed by atoms with Gasteiger partial charge in [0.1, 0.15) is 11.6 Å². The number of esters is 1. The normalized spacial score (nSPS) is 21.2. The molecule has 51 heavy (non-hydrogen) atoms. The van der Waals surface area contributed by atoms with Crippen LogP contribution in [0.3, 0.4) is 0 Å². The molecule has 3 rings (SSSR count). The summed E-state index contributed by atoms with van der Waals surface area (Å²) in [7, 11) is 3.18. The van der Waals surface area contributed by atoms with Gasteiger partial charge in [-0.05, 0) is 61.3 Å². The van der Waals surface area contributed by atoms with Gasteiger partial charge in [-0.15, -0.1) is 11.3 Å². The second kappa shape index (κ2) is 16.5. The Labute approximate surface area is 307 Å². The van der Waals surface area contributed by atoms with Gasteiger partial charge in [0, 0.05) is 50.7 Å². The second-order valence-electron chi connectivity index (χ2n) is 17.1. The summed E-state index contributed by atoms with van der Waals surface area (Å²) in [6.45, 7) is 17.5. The Balaban J connectivity index is 1.75. The first kappa shape index (κ1) is 42.0. The Morgan fingerprint density at radius 3 is 2.20 bits per heavy atom. The molecule has 0 aromatic carbocycles. The van der Waals surface area contributed by atoms with Gasteiger partial charge in [0.2, 0.25) is 23.5 Å². The van der Waals surface area contributed by atoms with Crippen molar-refractivity contribution >= 4 is 52.4 Å². The maximum Gasteiger partial charge on any atom is 0.307 e. The minimum absolute atomic E-state index is 0.0846. The molecule has 0 bridgehead atoms. The number of unbranched alkanes of at least 4 members (excludes halogenated alkanes) is 1. The third-order valence-electron chi connectivity index (χ3n) is 10.4. The number of piperidine rings is 1. The van der Waals surface area contributed by atoms with Crippen molar-refractivity contribution in [1.29, 1.82) is 0 Å². The quantitative estimate of drug-likeness (QED) is 0.162. The van der Waals surface area contributed by atoms with Crippen molar-refractivity contribution in [3.63, 3.8) is 0 Å². The Morgan fingerprint density at radius 1 is 1.02 bits per heavy atom. The number of carbonyl (C=O) groups excluding carboxylic acids is 7. The fourth-order valence-electron chi connectivity index (χ4n) is 7.32. The van der Waals surface area contributed by atoms with Crippen LogP contribution in [0.15, 0.2) is 17.5 Å². The van der Waals surface area contributed by atoms with E-state index in [-0.39, 0.29) is 60.5 Å². The number of thiophene rings is 1. The molecule has 1 saturated heterocycles. The van der Waals surface area contributed by atoms with Crippen molar-refractivity contribution in [3.8, 4) is 0 Å². The van der Waals surface area contributed by atoms with Crippen molar-refractivity contribution in [2.24, 2.45) is 34.5 Å². The molecule has 1 aliphatic carbocycles. The number of rotatable bonds is 17. The molecule has 0 radical (unpaired) electrons. The van der Waals surface area contributed by atoms with Crippen molar-refractivity contribution in [3.05, 3.63) is 22.4 Å². The standard InChI is InChI=1S/C39H59N3O8S/c1-12-13-15-23(34(47)26(43)17-18-29(45)40-32(36(49)41(10)11)28-16-14-19-51-28)20-27(44)33-31-25(39(31,8)9)22-42(33)35(48)24(37(2,3)4)21-30(46)50-38(5,6)7/h14,16,19,23-25,31-33H,12-13,15,17-18,20-22H2,1-11H3,(H,40,45)/t23?,24-,25+,31+,32+,33-/m1/s1. The summed E-state index contributed by atoms with van der Waals surface area (Å²) < 4.78 is 5.55. The summed E-state index contributed by atoms with van der Waals surface area (Å²) in [6.07, 6.45) is 0.774. The van der Waals surface area contributed by atoms with Crippen molar-refractivity contribution in [2.75, 3.05) is 20.6 Å². The first-order valence-electron chi connectivity index (χ1n) is 18.2. The number of carbonyl (C=O) groups is 7. The average molecular weight is 730 g/mol. The highest BCUT2D eigenvalue weighted by Gasteiger charge is 2.69. The molecule has 2 fully saturated rings. The van der Waals surface area contributed by atoms with Gasteiger partial charge in [-0.25, -0.2) is 0 Å². The van der Waals surface area contributed by atoms with E-state index < -0.39 is 58.4 Å². The monoisotopic (exact) mass is 729 g/mol. The van der Waals surface area contributed by atoms with Crippen molar-refractivity contribution in [2.45, 2.75) is 125 Å². The number of hydrogen-bond donors (Lipinski definition) is 1. The lowest BCUT2D eigenvalue weighted by Gasteiger charge is -2.37. The van der Waals surface area contributed by atoms with E-state index in [9.17, 15) is 33.6 Å². The van der Waals surface area contributed by atoms with E-state index >= 15 is 0 Å². The molecular weight excluding hydrogens is 671 g/mol. The van der Waals surface area contributed by atoms with E-state index in [4.69, 9.17) is 4.74 Å². The molecule has 2 heterocycles. The lowest BCUT2D eigenvalue weighted by Crippen LogP contribution is -2.51. The van der Waals surface area contributed by atoms with Crippen LogP contribution in [0.4, 0.5) is 0 Å². The fraction of sp³-hybridized carbons (Fsp3) is 0.718. The van der Waals surface area contributed by atoms with E-state index in [0.717, 1.165) is 6.42 Å². The number of ketones is 3. The highest BCUT2D eigenvalue weighted by Crippen LogP contribution is 2.65. The lowest BCUT2D eigenvalue weighted by atomic mass is 9.77. The first-order valence-corrected chi connectivity index (χ1v) is 19.0. The second-order valence-corrected chi connectivity index (χ2v) is 18.1. The smallest absolute Gasteiger partial charge is 0.307 e. The fourth-order valence-corrected chi connectivity index (χ4v) is 8.08. The molecule has 284 valence electrons. The molecule has 11 nitrogen and oxygen atoms in total. The number of fused-ring (bicyclic) bond motifs is 1. The number of nitrogens with zero attached hydrogens (tertiary/aromatic N) is 2. The number of Topliss-reactive ketones (excluding diaryl/α,β-unsaturated/α-hetero) is 3. The molecule has 1 aromatic rings. The highest BCUT2D eigenvalue weighted by molar-refractivity contribution is 7.10. The van der Waals surface area contributed by atoms with E-state index in [2.05, 4.69) is 19.2 Å². The summed E-state index contributed by atoms with van der Waals surface area (Å²) in [5.41, 5.74) is -1.47. The molecule has 1 unspecified atom stereocenters. The van der Waals surface area contributed by atoms with Crippen LogP contribution in [-0.4, -0.2) is 83.1 Å². The van der Waals surface area contributed by atoms with Gasteiger partial charge in [0.25, 0.3) is 0 Å². The maximum absolute atomic E-state index is 14.2. The first-order chi connectivity index (χ1) is 23.5. The number of likely N-dealkylation sites (tertiary alicyclic amines) is 1. The summed E-state index contributed by atoms with van der Waals surface area (Å²) in [5, 5.41) is 4.50. The third kappa shape index (κ3) is 10.6. The topological polar surface area (TPSA) is 147 Å². The zero-order valence-corrected chi connectivity index (χ0v) is 33.2. The summed E-state index contributed by atoms with van der Waals surface area (Å²) in [4.78, 5) is 97.5. The molecule has 12 heteroatoms. The van der Waals surface area contributed by atoms with Crippen LogP contribution in [0.5, 0.6) is 0 Å². The van der Waals surface area contributed by atoms with Gasteiger partial charge in [-0.3, -0.25) is 33.6 Å². The van der Waals surface area contributed by atoms with E-state index in [1.807, 2.05) is 27.7 Å². The third-order valence-corrected chi connectivity index (χ3v) is 11.3. The average Bonchev–Trinajstić information content (AvgIpc) is 3.46. The Kier molecular flexibility index (Phi) is 13.6. The van der Waals surface area contributed by atoms with Crippen molar-refractivity contribution in [1.82, 2.24) is 15.1 Å². The van der Waals surface area contributed by atoms with Crippen LogP contribution < -0.4 is 5.32 Å². The zero-order chi connectivity index (χ0) is 38.6. The number of ether oxygens (including phenoxy) is 1. The molecular formula is C39H59N3O8S. The Hall–Kier alpha value is -3.41. The van der Waals surface area contributed by atoms with Crippen LogP contribution in [0.1, 0.15) is 118 Å². The largest absolute Gasteiger partial charge is 0.460 e. The zero-order valence-electron chi connectivity index (χ0n) is 32.4.